The molecule has 6 nitrogen and oxygen atoms in total. The van der Waals surface area contributed by atoms with Crippen LogP contribution in [0.3, 0.4) is 0 Å². The van der Waals surface area contributed by atoms with Gasteiger partial charge in [0.05, 0.1) is 22.3 Å². The normalized spacial score (nSPS) is 11.0. The fraction of sp³-hybridized carbons (Fsp3) is 0.286. The fourth-order valence-electron chi connectivity index (χ4n) is 2.77. The second kappa shape index (κ2) is 9.93. The number of hydrogen-bond acceptors (Lipinski definition) is 4. The Hall–Kier alpha value is -2.32. The molecule has 1 heterocycles. The third-order valence-corrected chi connectivity index (χ3v) is 5.98. The number of hydrogen-bond donors (Lipinski definition) is 2. The van der Waals surface area contributed by atoms with E-state index in [9.17, 15) is 9.59 Å². The number of imidazole rings is 1. The average Bonchev–Trinajstić information content (AvgIpc) is 3.06. The molecule has 0 saturated heterocycles. The fourth-order valence-corrected chi connectivity index (χ4v) is 4.08. The van der Waals surface area contributed by atoms with Crippen LogP contribution in [0.2, 0.25) is 0 Å². The molecule has 0 radical (unpaired) electrons. The molecule has 0 spiro atoms. The maximum Gasteiger partial charge on any atom is 0.270 e. The van der Waals surface area contributed by atoms with Gasteiger partial charge in [0.1, 0.15) is 0 Å². The first-order valence-electron chi connectivity index (χ1n) is 9.37. The number of rotatable bonds is 7. The lowest BCUT2D eigenvalue weighted by Gasteiger charge is -2.11. The molecule has 0 fully saturated rings. The number of aryl methyl sites for hydroxylation is 1. The maximum atomic E-state index is 12.2. The number of nitrogens with zero attached hydrogens (tertiary/aromatic N) is 2. The summed E-state index contributed by atoms with van der Waals surface area (Å²) in [7, 11) is 0. The summed E-state index contributed by atoms with van der Waals surface area (Å²) < 4.78 is 2.83. The van der Waals surface area contributed by atoms with E-state index in [4.69, 9.17) is 0 Å². The quantitative estimate of drug-likeness (QED) is 0.393. The molecule has 29 heavy (non-hydrogen) atoms. The molecule has 0 atom stereocenters. The van der Waals surface area contributed by atoms with Crippen LogP contribution in [0.1, 0.15) is 30.6 Å². The van der Waals surface area contributed by atoms with Crippen molar-refractivity contribution in [3.8, 4) is 0 Å². The van der Waals surface area contributed by atoms with Crippen molar-refractivity contribution in [1.82, 2.24) is 20.4 Å². The molecule has 0 aliphatic rings. The Morgan fingerprint density at radius 2 is 1.83 bits per heavy atom. The van der Waals surface area contributed by atoms with E-state index in [-0.39, 0.29) is 17.6 Å². The summed E-state index contributed by atoms with van der Waals surface area (Å²) in [6, 6.07) is 15.0. The predicted octanol–water partition coefficient (Wildman–Crippen LogP) is 4.40. The van der Waals surface area contributed by atoms with Gasteiger partial charge in [-0.15, -0.1) is 0 Å². The summed E-state index contributed by atoms with van der Waals surface area (Å²) in [5, 5.41) is 0.805. The molecular weight excluding hydrogens is 452 g/mol. The number of nitrogens with one attached hydrogen (secondary N) is 2. The Labute approximate surface area is 182 Å². The number of fused-ring (bicyclic) bond motifs is 1. The van der Waals surface area contributed by atoms with Gasteiger partial charge in [-0.1, -0.05) is 49.9 Å². The summed E-state index contributed by atoms with van der Waals surface area (Å²) in [4.78, 5) is 29.1. The first-order chi connectivity index (χ1) is 14.0. The number of aromatic nitrogens is 2. The Kier molecular flexibility index (Phi) is 7.33. The number of thioether (sulfide) groups is 1. The van der Waals surface area contributed by atoms with Crippen LogP contribution in [-0.2, 0) is 11.3 Å². The summed E-state index contributed by atoms with van der Waals surface area (Å²) in [5.41, 5.74) is 7.35. The lowest BCUT2D eigenvalue weighted by atomic mass is 10.1. The van der Waals surface area contributed by atoms with Gasteiger partial charge in [0, 0.05) is 11.0 Å². The topological polar surface area (TPSA) is 76.0 Å². The van der Waals surface area contributed by atoms with Crippen LogP contribution in [0, 0.1) is 5.92 Å². The van der Waals surface area contributed by atoms with E-state index in [2.05, 4.69) is 50.2 Å². The second-order valence-corrected chi connectivity index (χ2v) is 8.78. The molecule has 152 valence electrons. The minimum atomic E-state index is -0.375. The number of para-hydroxylation sites is 2. The molecular formula is C21H23BrN4O2S. The molecule has 1 aromatic heterocycles. The highest BCUT2D eigenvalue weighted by Crippen LogP contribution is 2.25. The Balaban J connectivity index is 1.61. The second-order valence-electron chi connectivity index (χ2n) is 6.99. The predicted molar refractivity (Wildman–Crippen MR) is 120 cm³/mol. The standard InChI is InChI=1S/C21H23BrN4O2S/c1-14(2)11-12-26-18-10-6-5-9-17(18)23-21(26)29-13-19(27)24-25-20(28)15-7-3-4-8-16(15)22/h3-10,14H,11-13H2,1-2H3,(H,24,27)(H,25,28). The van der Waals surface area contributed by atoms with Gasteiger partial charge < -0.3 is 4.57 Å². The zero-order valence-corrected chi connectivity index (χ0v) is 18.7. The molecule has 8 heteroatoms. The van der Waals surface area contributed by atoms with E-state index in [1.54, 1.807) is 18.2 Å². The van der Waals surface area contributed by atoms with Crippen LogP contribution < -0.4 is 10.9 Å². The van der Waals surface area contributed by atoms with E-state index >= 15 is 0 Å². The summed E-state index contributed by atoms with van der Waals surface area (Å²) in [6.45, 7) is 5.22. The number of halogens is 1. The monoisotopic (exact) mass is 474 g/mol. The van der Waals surface area contributed by atoms with Crippen molar-refractivity contribution in [2.75, 3.05) is 5.75 Å². The molecule has 0 aliphatic heterocycles. The number of hydrazine groups is 1. The highest BCUT2D eigenvalue weighted by atomic mass is 79.9. The van der Waals surface area contributed by atoms with E-state index in [1.165, 1.54) is 11.8 Å². The molecule has 3 rings (SSSR count). The molecule has 2 aromatic carbocycles. The molecule has 2 amide bonds. The van der Waals surface area contributed by atoms with E-state index in [0.29, 0.717) is 16.0 Å². The smallest absolute Gasteiger partial charge is 0.270 e. The zero-order valence-electron chi connectivity index (χ0n) is 16.3. The van der Waals surface area contributed by atoms with Gasteiger partial charge in [0.25, 0.3) is 5.91 Å². The van der Waals surface area contributed by atoms with Gasteiger partial charge >= 0.3 is 0 Å². The maximum absolute atomic E-state index is 12.2. The summed E-state index contributed by atoms with van der Waals surface area (Å²) in [6.07, 6.45) is 1.03. The minimum Gasteiger partial charge on any atom is -0.319 e. The summed E-state index contributed by atoms with van der Waals surface area (Å²) >= 11 is 4.69. The lowest BCUT2D eigenvalue weighted by molar-refractivity contribution is -0.119. The number of amides is 2. The molecule has 0 aliphatic carbocycles. The van der Waals surface area contributed by atoms with Crippen LogP contribution in [-0.4, -0.2) is 27.1 Å². The van der Waals surface area contributed by atoms with E-state index in [0.717, 1.165) is 29.2 Å². The van der Waals surface area contributed by atoms with Crippen molar-refractivity contribution in [3.05, 3.63) is 58.6 Å². The third kappa shape index (κ3) is 5.61. The Morgan fingerprint density at radius 1 is 1.10 bits per heavy atom. The van der Waals surface area contributed by atoms with Crippen LogP contribution in [0.4, 0.5) is 0 Å². The SMILES string of the molecule is CC(C)CCn1c(SCC(=O)NNC(=O)c2ccccc2Br)nc2ccccc21. The minimum absolute atomic E-state index is 0.154. The van der Waals surface area contributed by atoms with E-state index in [1.807, 2.05) is 30.3 Å². The Bertz CT molecular complexity index is 1020. The van der Waals surface area contributed by atoms with Crippen LogP contribution in [0.25, 0.3) is 11.0 Å². The highest BCUT2D eigenvalue weighted by molar-refractivity contribution is 9.10. The molecule has 0 unspecified atom stereocenters. The summed E-state index contributed by atoms with van der Waals surface area (Å²) in [5.74, 6) is 0.0593. The van der Waals surface area contributed by atoms with Crippen molar-refractivity contribution in [1.29, 1.82) is 0 Å². The average molecular weight is 475 g/mol. The van der Waals surface area contributed by atoms with Gasteiger partial charge in [-0.2, -0.15) is 0 Å². The molecule has 0 bridgehead atoms. The zero-order chi connectivity index (χ0) is 20.8. The number of carbonyl (C=O) groups is 2. The van der Waals surface area contributed by atoms with E-state index < -0.39 is 0 Å². The van der Waals surface area contributed by atoms with Gasteiger partial charge in [-0.3, -0.25) is 20.4 Å². The van der Waals surface area contributed by atoms with Crippen LogP contribution >= 0.6 is 27.7 Å². The lowest BCUT2D eigenvalue weighted by Crippen LogP contribution is -2.42. The van der Waals surface area contributed by atoms with Gasteiger partial charge in [-0.25, -0.2) is 4.98 Å². The molecule has 3 aromatic rings. The van der Waals surface area contributed by atoms with Crippen LogP contribution in [0.5, 0.6) is 0 Å². The van der Waals surface area contributed by atoms with Crippen molar-refractivity contribution in [3.63, 3.8) is 0 Å². The Morgan fingerprint density at radius 3 is 2.59 bits per heavy atom. The number of benzene rings is 2. The number of carbonyl (C=O) groups excluding carboxylic acids is 2. The van der Waals surface area contributed by atoms with Crippen molar-refractivity contribution < 1.29 is 9.59 Å². The van der Waals surface area contributed by atoms with Gasteiger partial charge in [0.2, 0.25) is 5.91 Å². The largest absolute Gasteiger partial charge is 0.319 e. The van der Waals surface area contributed by atoms with Gasteiger partial charge in [0.15, 0.2) is 5.16 Å². The van der Waals surface area contributed by atoms with Crippen molar-refractivity contribution in [2.24, 2.45) is 5.92 Å². The molecule has 2 N–H and O–H groups in total. The van der Waals surface area contributed by atoms with Crippen molar-refractivity contribution >= 4 is 50.5 Å². The van der Waals surface area contributed by atoms with Crippen molar-refractivity contribution in [2.45, 2.75) is 32.0 Å². The van der Waals surface area contributed by atoms with Crippen LogP contribution in [0.15, 0.2) is 58.2 Å². The molecule has 0 saturated carbocycles. The first kappa shape index (κ1) is 21.4. The first-order valence-corrected chi connectivity index (χ1v) is 11.2. The highest BCUT2D eigenvalue weighted by Gasteiger charge is 2.14. The third-order valence-electron chi connectivity index (χ3n) is 4.32. The van der Waals surface area contributed by atoms with Gasteiger partial charge in [-0.05, 0) is 52.5 Å².